The summed E-state index contributed by atoms with van der Waals surface area (Å²) in [6, 6.07) is 12.3. The van der Waals surface area contributed by atoms with Crippen LogP contribution in [0.4, 0.5) is 0 Å². The zero-order chi connectivity index (χ0) is 25.8. The quantitative estimate of drug-likeness (QED) is 0.409. The van der Waals surface area contributed by atoms with Crippen LogP contribution in [0.15, 0.2) is 47.6 Å². The summed E-state index contributed by atoms with van der Waals surface area (Å²) in [5.74, 6) is 0.541. The third-order valence-electron chi connectivity index (χ3n) is 6.03. The summed E-state index contributed by atoms with van der Waals surface area (Å²) in [5.41, 5.74) is 2.76. The lowest BCUT2D eigenvalue weighted by molar-refractivity contribution is -0.137. The first kappa shape index (κ1) is 25.2. The van der Waals surface area contributed by atoms with Crippen molar-refractivity contribution in [1.82, 2.24) is 9.99 Å². The lowest BCUT2D eigenvalue weighted by Gasteiger charge is -2.23. The largest absolute Gasteiger partial charge is 0.497 e. The van der Waals surface area contributed by atoms with Gasteiger partial charge in [0.2, 0.25) is 5.91 Å². The van der Waals surface area contributed by atoms with E-state index in [-0.39, 0.29) is 30.3 Å². The molecule has 1 aliphatic heterocycles. The number of aliphatic carboxylic acids is 1. The molecule has 188 valence electrons. The number of pyridine rings is 1. The maximum atomic E-state index is 13.2. The first-order chi connectivity index (χ1) is 17.3. The van der Waals surface area contributed by atoms with Crippen LogP contribution < -0.4 is 14.2 Å². The molecule has 0 unspecified atom stereocenters. The first-order valence-corrected chi connectivity index (χ1v) is 11.7. The second kappa shape index (κ2) is 10.8. The number of halogens is 1. The average molecular weight is 512 g/mol. The van der Waals surface area contributed by atoms with Gasteiger partial charge in [-0.05, 0) is 42.8 Å². The molecule has 0 radical (unpaired) electrons. The maximum absolute atomic E-state index is 13.2. The number of hydrogen-bond donors (Lipinski definition) is 1. The number of amides is 1. The number of nitrogens with zero attached hydrogens (tertiary/aromatic N) is 3. The molecule has 0 aliphatic carbocycles. The van der Waals surface area contributed by atoms with Crippen LogP contribution in [0.3, 0.4) is 0 Å². The van der Waals surface area contributed by atoms with E-state index in [0.717, 1.165) is 10.9 Å². The predicted molar refractivity (Wildman–Crippen MR) is 135 cm³/mol. The molecule has 2 heterocycles. The number of hydrogen-bond acceptors (Lipinski definition) is 7. The minimum Gasteiger partial charge on any atom is -0.497 e. The van der Waals surface area contributed by atoms with Gasteiger partial charge in [0.25, 0.3) is 0 Å². The lowest BCUT2D eigenvalue weighted by Crippen LogP contribution is -2.27. The summed E-state index contributed by atoms with van der Waals surface area (Å²) in [4.78, 5) is 28.7. The fraction of sp³-hybridized carbons (Fsp3) is 0.308. The zero-order valence-corrected chi connectivity index (χ0v) is 20.9. The number of carbonyl (C=O) groups excluding carboxylic acids is 1. The van der Waals surface area contributed by atoms with Gasteiger partial charge in [-0.1, -0.05) is 11.6 Å². The van der Waals surface area contributed by atoms with E-state index in [9.17, 15) is 9.59 Å². The summed E-state index contributed by atoms with van der Waals surface area (Å²) < 4.78 is 16.0. The Morgan fingerprint density at radius 3 is 2.50 bits per heavy atom. The van der Waals surface area contributed by atoms with Gasteiger partial charge in [0.15, 0.2) is 11.5 Å². The summed E-state index contributed by atoms with van der Waals surface area (Å²) in [5, 5.41) is 16.1. The Kier molecular flexibility index (Phi) is 7.59. The molecule has 3 aromatic rings. The van der Waals surface area contributed by atoms with Crippen LogP contribution in [-0.2, 0) is 9.59 Å². The van der Waals surface area contributed by atoms with Crippen molar-refractivity contribution in [3.8, 4) is 17.2 Å². The minimum atomic E-state index is -0.951. The average Bonchev–Trinajstić information content (AvgIpc) is 3.32. The molecule has 1 aliphatic rings. The number of benzene rings is 2. The summed E-state index contributed by atoms with van der Waals surface area (Å²) >= 11 is 6.62. The number of carboxylic acids is 1. The molecule has 36 heavy (non-hydrogen) atoms. The van der Waals surface area contributed by atoms with Crippen molar-refractivity contribution < 1.29 is 28.9 Å². The van der Waals surface area contributed by atoms with Crippen molar-refractivity contribution >= 4 is 40.1 Å². The summed E-state index contributed by atoms with van der Waals surface area (Å²) in [6.45, 7) is 0. The standard InChI is InChI=1S/C26H26ClN3O6/c1-34-17-9-7-15-11-18(26(27)28-19(15)13-17)21-14-20(16-8-10-22(35-2)23(12-16)36-3)29-30(21)24(31)5-4-6-25(32)33/h7-13,21H,4-6,14H2,1-3H3,(H,32,33)/t21-/m1/s1. The lowest BCUT2D eigenvalue weighted by atomic mass is 9.98. The van der Waals surface area contributed by atoms with Gasteiger partial charge in [-0.3, -0.25) is 9.59 Å². The Bertz CT molecular complexity index is 1340. The van der Waals surface area contributed by atoms with E-state index in [1.807, 2.05) is 24.3 Å². The highest BCUT2D eigenvalue weighted by molar-refractivity contribution is 6.30. The number of rotatable bonds is 9. The molecule has 4 rings (SSSR count). The van der Waals surface area contributed by atoms with Gasteiger partial charge in [0, 0.05) is 41.8 Å². The van der Waals surface area contributed by atoms with Gasteiger partial charge in [-0.15, -0.1) is 0 Å². The van der Waals surface area contributed by atoms with Crippen LogP contribution in [-0.4, -0.2) is 54.0 Å². The fourth-order valence-electron chi connectivity index (χ4n) is 4.18. The van der Waals surface area contributed by atoms with Crippen molar-refractivity contribution in [2.24, 2.45) is 5.10 Å². The SMILES string of the molecule is COc1ccc2cc([C@H]3CC(c4ccc(OC)c(OC)c4)=NN3C(=O)CCCC(=O)O)c(Cl)nc2c1. The van der Waals surface area contributed by atoms with Gasteiger partial charge in [0.05, 0.1) is 38.6 Å². The van der Waals surface area contributed by atoms with Crippen LogP contribution in [0.25, 0.3) is 10.9 Å². The van der Waals surface area contributed by atoms with Crippen molar-refractivity contribution in [3.63, 3.8) is 0 Å². The van der Waals surface area contributed by atoms with Crippen molar-refractivity contribution in [2.45, 2.75) is 31.7 Å². The van der Waals surface area contributed by atoms with Gasteiger partial charge < -0.3 is 19.3 Å². The minimum absolute atomic E-state index is 0.0430. The van der Waals surface area contributed by atoms with Crippen molar-refractivity contribution in [3.05, 3.63) is 58.7 Å². The molecular weight excluding hydrogens is 486 g/mol. The van der Waals surface area contributed by atoms with Crippen LogP contribution in [0.5, 0.6) is 17.2 Å². The van der Waals surface area contributed by atoms with E-state index in [2.05, 4.69) is 10.1 Å². The number of carboxylic acid groups (broad SMARTS) is 1. The van der Waals surface area contributed by atoms with Crippen LogP contribution >= 0.6 is 11.6 Å². The molecule has 10 heteroatoms. The fourth-order valence-corrected chi connectivity index (χ4v) is 4.45. The summed E-state index contributed by atoms with van der Waals surface area (Å²) in [7, 11) is 4.69. The highest BCUT2D eigenvalue weighted by Crippen LogP contribution is 2.39. The zero-order valence-electron chi connectivity index (χ0n) is 20.2. The van der Waals surface area contributed by atoms with Crippen LogP contribution in [0.1, 0.15) is 42.9 Å². The van der Waals surface area contributed by atoms with Gasteiger partial charge in [0.1, 0.15) is 10.9 Å². The van der Waals surface area contributed by atoms with E-state index in [1.54, 1.807) is 39.5 Å². The number of ether oxygens (including phenoxy) is 3. The number of carbonyl (C=O) groups is 2. The Morgan fingerprint density at radius 1 is 1.03 bits per heavy atom. The number of fused-ring (bicyclic) bond motifs is 1. The molecule has 0 spiro atoms. The molecule has 9 nitrogen and oxygen atoms in total. The van der Waals surface area contributed by atoms with E-state index in [4.69, 9.17) is 30.9 Å². The number of hydrazone groups is 1. The number of methoxy groups -OCH3 is 3. The third kappa shape index (κ3) is 5.21. The highest BCUT2D eigenvalue weighted by Gasteiger charge is 2.35. The maximum Gasteiger partial charge on any atom is 0.303 e. The highest BCUT2D eigenvalue weighted by atomic mass is 35.5. The van der Waals surface area contributed by atoms with E-state index in [0.29, 0.717) is 40.5 Å². The topological polar surface area (TPSA) is 111 Å². The van der Waals surface area contributed by atoms with E-state index >= 15 is 0 Å². The second-order valence-corrected chi connectivity index (χ2v) is 8.61. The Balaban J connectivity index is 1.72. The monoisotopic (exact) mass is 511 g/mol. The molecule has 1 N–H and O–H groups in total. The molecule has 1 amide bonds. The van der Waals surface area contributed by atoms with Crippen LogP contribution in [0, 0.1) is 0 Å². The predicted octanol–water partition coefficient (Wildman–Crippen LogP) is 4.85. The van der Waals surface area contributed by atoms with E-state index < -0.39 is 12.0 Å². The number of aromatic nitrogens is 1. The Hall–Kier alpha value is -3.85. The molecule has 0 fully saturated rings. The van der Waals surface area contributed by atoms with Gasteiger partial charge in [-0.25, -0.2) is 9.99 Å². The summed E-state index contributed by atoms with van der Waals surface area (Å²) in [6.07, 6.45) is 0.545. The smallest absolute Gasteiger partial charge is 0.303 e. The third-order valence-corrected chi connectivity index (χ3v) is 6.33. The molecule has 0 saturated carbocycles. The normalized spacial score (nSPS) is 15.1. The first-order valence-electron chi connectivity index (χ1n) is 11.3. The van der Waals surface area contributed by atoms with Crippen molar-refractivity contribution in [1.29, 1.82) is 0 Å². The van der Waals surface area contributed by atoms with Gasteiger partial charge >= 0.3 is 5.97 Å². The molecule has 1 aromatic heterocycles. The molecular formula is C26H26ClN3O6. The second-order valence-electron chi connectivity index (χ2n) is 8.25. The molecule has 0 bridgehead atoms. The molecule has 1 atom stereocenters. The van der Waals surface area contributed by atoms with Gasteiger partial charge in [-0.2, -0.15) is 5.10 Å². The molecule has 2 aromatic carbocycles. The Morgan fingerprint density at radius 2 is 1.81 bits per heavy atom. The molecule has 0 saturated heterocycles. The van der Waals surface area contributed by atoms with E-state index in [1.165, 1.54) is 5.01 Å². The Labute approximate surface area is 213 Å². The van der Waals surface area contributed by atoms with Crippen LogP contribution in [0.2, 0.25) is 5.15 Å². The van der Waals surface area contributed by atoms with Crippen molar-refractivity contribution in [2.75, 3.05) is 21.3 Å².